The molecule has 0 spiro atoms. The van der Waals surface area contributed by atoms with Crippen molar-refractivity contribution in [2.75, 3.05) is 25.2 Å². The number of nitrogens with one attached hydrogen (secondary N) is 1. The maximum absolute atomic E-state index is 12.7. The molecule has 1 N–H and O–H groups in total. The summed E-state index contributed by atoms with van der Waals surface area (Å²) >= 11 is 0. The quantitative estimate of drug-likeness (QED) is 0.926. The fraction of sp³-hybridized carbons (Fsp3) is 0.389. The molecule has 1 atom stereocenters. The number of piperidine rings is 1. The molecule has 0 radical (unpaired) electrons. The fourth-order valence-electron chi connectivity index (χ4n) is 3.20. The van der Waals surface area contributed by atoms with Crippen LogP contribution in [0.3, 0.4) is 0 Å². The number of nitrogens with zero attached hydrogens (tertiary/aromatic N) is 3. The van der Waals surface area contributed by atoms with Crippen LogP contribution in [0.5, 0.6) is 11.5 Å². The van der Waals surface area contributed by atoms with E-state index in [0.29, 0.717) is 23.2 Å². The Hall–Kier alpha value is -2.83. The summed E-state index contributed by atoms with van der Waals surface area (Å²) in [5.74, 6) is 2.48. The van der Waals surface area contributed by atoms with Gasteiger partial charge >= 0.3 is 0 Å². The first-order valence-electron chi connectivity index (χ1n) is 8.47. The molecule has 2 aliphatic rings. The lowest BCUT2D eigenvalue weighted by Crippen LogP contribution is -2.39. The number of likely N-dealkylation sites (tertiary alicyclic amines) is 1. The van der Waals surface area contributed by atoms with Crippen molar-refractivity contribution < 1.29 is 14.3 Å². The molecule has 7 heteroatoms. The van der Waals surface area contributed by atoms with Crippen molar-refractivity contribution in [3.63, 3.8) is 0 Å². The highest BCUT2D eigenvalue weighted by molar-refractivity contribution is 5.93. The molecule has 0 aliphatic carbocycles. The van der Waals surface area contributed by atoms with Gasteiger partial charge in [-0.1, -0.05) is 6.92 Å². The number of amides is 1. The summed E-state index contributed by atoms with van der Waals surface area (Å²) in [6.45, 7) is 3.98. The molecule has 2 aromatic rings. The number of anilines is 2. The van der Waals surface area contributed by atoms with Crippen molar-refractivity contribution in [2.45, 2.75) is 19.8 Å². The number of carbonyl (C=O) groups is 1. The molecule has 0 bridgehead atoms. The molecular formula is C18H20N4O3. The lowest BCUT2D eigenvalue weighted by molar-refractivity contribution is 0.0677. The van der Waals surface area contributed by atoms with Gasteiger partial charge in [0.25, 0.3) is 5.91 Å². The molecule has 4 rings (SSSR count). The van der Waals surface area contributed by atoms with Crippen molar-refractivity contribution in [3.05, 3.63) is 36.3 Å². The Morgan fingerprint density at radius 2 is 2.12 bits per heavy atom. The van der Waals surface area contributed by atoms with Gasteiger partial charge in [0.1, 0.15) is 17.8 Å². The third kappa shape index (κ3) is 3.35. The number of carbonyl (C=O) groups excluding carboxylic acids is 1. The Bertz CT molecular complexity index is 796. The van der Waals surface area contributed by atoms with Crippen LogP contribution in [0.25, 0.3) is 0 Å². The summed E-state index contributed by atoms with van der Waals surface area (Å²) in [6, 6.07) is 7.25. The third-order valence-corrected chi connectivity index (χ3v) is 4.48. The van der Waals surface area contributed by atoms with E-state index in [1.807, 2.05) is 23.1 Å². The normalized spacial score (nSPS) is 18.9. The highest BCUT2D eigenvalue weighted by Gasteiger charge is 2.23. The van der Waals surface area contributed by atoms with Gasteiger partial charge in [0.05, 0.1) is 0 Å². The van der Waals surface area contributed by atoms with E-state index in [9.17, 15) is 4.79 Å². The number of ether oxygens (including phenoxy) is 2. The minimum Gasteiger partial charge on any atom is -0.454 e. The van der Waals surface area contributed by atoms with E-state index in [2.05, 4.69) is 22.2 Å². The van der Waals surface area contributed by atoms with Crippen LogP contribution < -0.4 is 14.8 Å². The lowest BCUT2D eigenvalue weighted by atomic mass is 10.00. The topological polar surface area (TPSA) is 76.6 Å². The van der Waals surface area contributed by atoms with Gasteiger partial charge in [-0.2, -0.15) is 0 Å². The number of aromatic nitrogens is 2. The second-order valence-corrected chi connectivity index (χ2v) is 6.48. The van der Waals surface area contributed by atoms with E-state index in [1.165, 1.54) is 12.7 Å². The van der Waals surface area contributed by atoms with Gasteiger partial charge in [0.15, 0.2) is 11.5 Å². The zero-order valence-electron chi connectivity index (χ0n) is 14.1. The summed E-state index contributed by atoms with van der Waals surface area (Å²) in [7, 11) is 0. The predicted octanol–water partition coefficient (Wildman–Crippen LogP) is 2.82. The molecule has 0 saturated carbocycles. The van der Waals surface area contributed by atoms with E-state index in [4.69, 9.17) is 9.47 Å². The van der Waals surface area contributed by atoms with Gasteiger partial charge < -0.3 is 19.7 Å². The molecule has 1 amide bonds. The fourth-order valence-corrected chi connectivity index (χ4v) is 3.20. The molecule has 130 valence electrons. The van der Waals surface area contributed by atoms with E-state index in [1.54, 1.807) is 6.07 Å². The molecule has 1 aromatic heterocycles. The van der Waals surface area contributed by atoms with E-state index >= 15 is 0 Å². The molecular weight excluding hydrogens is 320 g/mol. The van der Waals surface area contributed by atoms with Crippen molar-refractivity contribution in [3.8, 4) is 11.5 Å². The molecule has 1 saturated heterocycles. The standard InChI is InChI=1S/C18H20N4O3/c1-12-3-2-6-22(9-12)18(23)14-8-17(20-10-19-14)21-13-4-5-15-16(7-13)25-11-24-15/h4-5,7-8,10,12H,2-3,6,9,11H2,1H3,(H,19,20,21). The Kier molecular flexibility index (Phi) is 4.13. The summed E-state index contributed by atoms with van der Waals surface area (Å²) in [5.41, 5.74) is 1.22. The smallest absolute Gasteiger partial charge is 0.272 e. The number of benzene rings is 1. The maximum atomic E-state index is 12.7. The molecule has 1 unspecified atom stereocenters. The van der Waals surface area contributed by atoms with Crippen LogP contribution in [0.15, 0.2) is 30.6 Å². The first kappa shape index (κ1) is 15.7. The monoisotopic (exact) mass is 340 g/mol. The average molecular weight is 340 g/mol. The van der Waals surface area contributed by atoms with Crippen LogP contribution in [0, 0.1) is 5.92 Å². The van der Waals surface area contributed by atoms with Crippen LogP contribution in [0.1, 0.15) is 30.3 Å². The van der Waals surface area contributed by atoms with Crippen LogP contribution in [-0.4, -0.2) is 40.7 Å². The minimum absolute atomic E-state index is 0.0392. The number of hydrogen-bond acceptors (Lipinski definition) is 6. The van der Waals surface area contributed by atoms with Crippen molar-refractivity contribution in [1.29, 1.82) is 0 Å². The number of rotatable bonds is 3. The Labute approximate surface area is 146 Å². The second kappa shape index (κ2) is 6.58. The van der Waals surface area contributed by atoms with Crippen molar-refractivity contribution >= 4 is 17.4 Å². The van der Waals surface area contributed by atoms with Gasteiger partial charge in [-0.15, -0.1) is 0 Å². The summed E-state index contributed by atoms with van der Waals surface area (Å²) in [4.78, 5) is 22.9. The van der Waals surface area contributed by atoms with Gasteiger partial charge in [-0.25, -0.2) is 9.97 Å². The van der Waals surface area contributed by atoms with E-state index < -0.39 is 0 Å². The predicted molar refractivity (Wildman–Crippen MR) is 92.2 cm³/mol. The largest absolute Gasteiger partial charge is 0.454 e. The maximum Gasteiger partial charge on any atom is 0.272 e. The Morgan fingerprint density at radius 1 is 1.24 bits per heavy atom. The summed E-state index contributed by atoms with van der Waals surface area (Å²) in [5, 5.41) is 3.18. The van der Waals surface area contributed by atoms with Crippen LogP contribution in [0.2, 0.25) is 0 Å². The summed E-state index contributed by atoms with van der Waals surface area (Å²) < 4.78 is 10.7. The van der Waals surface area contributed by atoms with E-state index in [0.717, 1.165) is 30.9 Å². The van der Waals surface area contributed by atoms with Crippen LogP contribution in [-0.2, 0) is 0 Å². The zero-order chi connectivity index (χ0) is 17.2. The number of fused-ring (bicyclic) bond motifs is 1. The third-order valence-electron chi connectivity index (χ3n) is 4.48. The van der Waals surface area contributed by atoms with Gasteiger partial charge in [0.2, 0.25) is 6.79 Å². The van der Waals surface area contributed by atoms with Crippen molar-refractivity contribution in [1.82, 2.24) is 14.9 Å². The van der Waals surface area contributed by atoms with Gasteiger partial charge in [-0.3, -0.25) is 4.79 Å². The highest BCUT2D eigenvalue weighted by Crippen LogP contribution is 2.34. The van der Waals surface area contributed by atoms with Crippen LogP contribution >= 0.6 is 0 Å². The van der Waals surface area contributed by atoms with E-state index in [-0.39, 0.29) is 12.7 Å². The molecule has 3 heterocycles. The minimum atomic E-state index is -0.0392. The van der Waals surface area contributed by atoms with Crippen LogP contribution in [0.4, 0.5) is 11.5 Å². The second-order valence-electron chi connectivity index (χ2n) is 6.48. The molecule has 25 heavy (non-hydrogen) atoms. The molecule has 7 nitrogen and oxygen atoms in total. The Balaban J connectivity index is 1.50. The molecule has 2 aliphatic heterocycles. The molecule has 1 fully saturated rings. The SMILES string of the molecule is CC1CCCN(C(=O)c2cc(Nc3ccc4c(c3)OCO4)ncn2)C1. The van der Waals surface area contributed by atoms with Gasteiger partial charge in [-0.05, 0) is 30.9 Å². The van der Waals surface area contributed by atoms with Crippen molar-refractivity contribution in [2.24, 2.45) is 5.92 Å². The lowest BCUT2D eigenvalue weighted by Gasteiger charge is -2.30. The number of hydrogen-bond donors (Lipinski definition) is 1. The first-order valence-corrected chi connectivity index (χ1v) is 8.47. The first-order chi connectivity index (χ1) is 12.2. The highest BCUT2D eigenvalue weighted by atomic mass is 16.7. The zero-order valence-corrected chi connectivity index (χ0v) is 14.1. The Morgan fingerprint density at radius 3 is 3.00 bits per heavy atom. The molecule has 1 aromatic carbocycles. The summed E-state index contributed by atoms with van der Waals surface area (Å²) in [6.07, 6.45) is 3.63. The van der Waals surface area contributed by atoms with Gasteiger partial charge in [0, 0.05) is 30.9 Å². The average Bonchev–Trinajstić information content (AvgIpc) is 3.09.